The molecule has 1 saturated heterocycles. The molecule has 8 heteroatoms. The number of carbonyl (C=O) groups excluding carboxylic acids is 1. The first-order valence-electron chi connectivity index (χ1n) is 11.9. The van der Waals surface area contributed by atoms with Crippen molar-refractivity contribution in [1.82, 2.24) is 15.3 Å². The summed E-state index contributed by atoms with van der Waals surface area (Å²) in [6, 6.07) is 13.4. The van der Waals surface area contributed by atoms with Crippen LogP contribution in [0, 0.1) is 12.8 Å². The summed E-state index contributed by atoms with van der Waals surface area (Å²) in [6.45, 7) is 3.23. The molecule has 178 valence electrons. The van der Waals surface area contributed by atoms with Gasteiger partial charge in [0, 0.05) is 24.7 Å². The van der Waals surface area contributed by atoms with Crippen LogP contribution in [0.5, 0.6) is 0 Å². The van der Waals surface area contributed by atoms with Crippen molar-refractivity contribution in [3.05, 3.63) is 59.3 Å². The van der Waals surface area contributed by atoms with Gasteiger partial charge >= 0.3 is 0 Å². The molecule has 2 atom stereocenters. The van der Waals surface area contributed by atoms with Gasteiger partial charge in [-0.2, -0.15) is 0 Å². The third-order valence-electron chi connectivity index (χ3n) is 7.04. The van der Waals surface area contributed by atoms with E-state index in [2.05, 4.69) is 33.4 Å². The number of rotatable bonds is 4. The Hall–Kier alpha value is -3.00. The van der Waals surface area contributed by atoms with E-state index < -0.39 is 9.84 Å². The molecule has 0 saturated carbocycles. The van der Waals surface area contributed by atoms with Gasteiger partial charge in [0.25, 0.3) is 0 Å². The standard InChI is InChI=1S/C26H30N4O3S/c1-17-21-13-12-20(34(2,32)33)15-24(21)29-26(27-17)30-14-6-9-19(16-30)25(31)28-23-11-5-8-18-7-3-4-10-22(18)23/h3-4,7,10,12-13,15,19,23H,5-6,8-9,11,14,16H2,1-2H3,(H,28,31)/t19-,23-/m0/s1. The first-order chi connectivity index (χ1) is 16.3. The molecule has 0 bridgehead atoms. The zero-order valence-electron chi connectivity index (χ0n) is 19.6. The van der Waals surface area contributed by atoms with Crippen LogP contribution < -0.4 is 10.2 Å². The van der Waals surface area contributed by atoms with E-state index in [1.54, 1.807) is 18.2 Å². The average molecular weight is 479 g/mol. The third-order valence-corrected chi connectivity index (χ3v) is 8.15. The average Bonchev–Trinajstić information content (AvgIpc) is 2.83. The summed E-state index contributed by atoms with van der Waals surface area (Å²) >= 11 is 0. The highest BCUT2D eigenvalue weighted by atomic mass is 32.2. The van der Waals surface area contributed by atoms with Crippen molar-refractivity contribution < 1.29 is 13.2 Å². The number of anilines is 1. The second-order valence-electron chi connectivity index (χ2n) is 9.50. The summed E-state index contributed by atoms with van der Waals surface area (Å²) in [6.07, 6.45) is 6.03. The molecule has 1 aliphatic carbocycles. The highest BCUT2D eigenvalue weighted by Crippen LogP contribution is 2.31. The molecule has 7 nitrogen and oxygen atoms in total. The molecule has 1 amide bonds. The number of nitrogens with zero attached hydrogens (tertiary/aromatic N) is 3. The maximum Gasteiger partial charge on any atom is 0.226 e. The summed E-state index contributed by atoms with van der Waals surface area (Å²) in [4.78, 5) is 24.9. The topological polar surface area (TPSA) is 92.3 Å². The highest BCUT2D eigenvalue weighted by Gasteiger charge is 2.30. The Kier molecular flexibility index (Phi) is 6.02. The van der Waals surface area contributed by atoms with E-state index in [1.807, 2.05) is 13.0 Å². The van der Waals surface area contributed by atoms with E-state index in [-0.39, 0.29) is 22.8 Å². The Morgan fingerprint density at radius 1 is 1.09 bits per heavy atom. The fourth-order valence-electron chi connectivity index (χ4n) is 5.19. The van der Waals surface area contributed by atoms with Crippen LogP contribution in [0.2, 0.25) is 0 Å². The van der Waals surface area contributed by atoms with Crippen molar-refractivity contribution >= 4 is 32.6 Å². The summed E-state index contributed by atoms with van der Waals surface area (Å²) in [7, 11) is -3.33. The number of sulfone groups is 1. The van der Waals surface area contributed by atoms with Gasteiger partial charge in [-0.05, 0) is 68.4 Å². The van der Waals surface area contributed by atoms with E-state index in [1.165, 1.54) is 17.4 Å². The van der Waals surface area contributed by atoms with Gasteiger partial charge in [-0.1, -0.05) is 24.3 Å². The first kappa shape index (κ1) is 22.8. The van der Waals surface area contributed by atoms with E-state index in [9.17, 15) is 13.2 Å². The molecule has 2 aromatic carbocycles. The number of aryl methyl sites for hydroxylation is 2. The minimum absolute atomic E-state index is 0.0707. The summed E-state index contributed by atoms with van der Waals surface area (Å²) in [5, 5.41) is 4.14. The Bertz CT molecular complexity index is 1360. The smallest absolute Gasteiger partial charge is 0.226 e. The van der Waals surface area contributed by atoms with Gasteiger partial charge < -0.3 is 10.2 Å². The SMILES string of the molecule is Cc1nc(N2CCC[C@H](C(=O)N[C@H]3CCCc4ccccc43)C2)nc2cc(S(C)(=O)=O)ccc12. The minimum atomic E-state index is -3.33. The van der Waals surface area contributed by atoms with Crippen molar-refractivity contribution in [3.63, 3.8) is 0 Å². The van der Waals surface area contributed by atoms with Crippen LogP contribution in [-0.2, 0) is 21.1 Å². The van der Waals surface area contributed by atoms with Crippen molar-refractivity contribution in [3.8, 4) is 0 Å². The molecule has 34 heavy (non-hydrogen) atoms. The van der Waals surface area contributed by atoms with Crippen LogP contribution in [0.15, 0.2) is 47.4 Å². The van der Waals surface area contributed by atoms with E-state index in [0.717, 1.165) is 49.7 Å². The van der Waals surface area contributed by atoms with Gasteiger partial charge in [0.1, 0.15) is 0 Å². The maximum atomic E-state index is 13.2. The third kappa shape index (κ3) is 4.51. The van der Waals surface area contributed by atoms with Crippen molar-refractivity contribution in [2.24, 2.45) is 5.92 Å². The van der Waals surface area contributed by atoms with Crippen LogP contribution in [-0.4, -0.2) is 43.6 Å². The van der Waals surface area contributed by atoms with Gasteiger partial charge in [-0.15, -0.1) is 0 Å². The Morgan fingerprint density at radius 2 is 1.91 bits per heavy atom. The molecule has 1 fully saturated rings. The fourth-order valence-corrected chi connectivity index (χ4v) is 5.83. The molecule has 0 spiro atoms. The number of carbonyl (C=O) groups is 1. The number of hydrogen-bond acceptors (Lipinski definition) is 6. The lowest BCUT2D eigenvalue weighted by Gasteiger charge is -2.34. The maximum absolute atomic E-state index is 13.2. The number of fused-ring (bicyclic) bond motifs is 2. The predicted molar refractivity (Wildman–Crippen MR) is 133 cm³/mol. The van der Waals surface area contributed by atoms with E-state index in [4.69, 9.17) is 4.98 Å². The van der Waals surface area contributed by atoms with Gasteiger partial charge in [0.15, 0.2) is 9.84 Å². The lowest BCUT2D eigenvalue weighted by atomic mass is 9.87. The molecule has 3 aromatic rings. The number of piperidine rings is 1. The quantitative estimate of drug-likeness (QED) is 0.614. The molecule has 2 heterocycles. The van der Waals surface area contributed by atoms with E-state index >= 15 is 0 Å². The monoisotopic (exact) mass is 478 g/mol. The van der Waals surface area contributed by atoms with Crippen molar-refractivity contribution in [2.75, 3.05) is 24.2 Å². The molecule has 2 aliphatic rings. The number of hydrogen-bond donors (Lipinski definition) is 1. The molecule has 0 radical (unpaired) electrons. The Labute approximate surface area is 200 Å². The van der Waals surface area contributed by atoms with Crippen LogP contribution in [0.1, 0.15) is 48.5 Å². The summed E-state index contributed by atoms with van der Waals surface area (Å²) < 4.78 is 24.0. The van der Waals surface area contributed by atoms with Crippen molar-refractivity contribution in [2.45, 2.75) is 50.0 Å². The van der Waals surface area contributed by atoms with Crippen molar-refractivity contribution in [1.29, 1.82) is 0 Å². The fraction of sp³-hybridized carbons (Fsp3) is 0.423. The Morgan fingerprint density at radius 3 is 2.74 bits per heavy atom. The molecule has 1 aromatic heterocycles. The lowest BCUT2D eigenvalue weighted by Crippen LogP contribution is -2.45. The highest BCUT2D eigenvalue weighted by molar-refractivity contribution is 7.90. The molecule has 1 N–H and O–H groups in total. The lowest BCUT2D eigenvalue weighted by molar-refractivity contribution is -0.126. The van der Waals surface area contributed by atoms with Gasteiger partial charge in [-0.3, -0.25) is 4.79 Å². The van der Waals surface area contributed by atoms with Gasteiger partial charge in [-0.25, -0.2) is 18.4 Å². The van der Waals surface area contributed by atoms with E-state index in [0.29, 0.717) is 18.0 Å². The van der Waals surface area contributed by atoms with Gasteiger partial charge in [0.05, 0.1) is 28.1 Å². The number of benzene rings is 2. The number of amides is 1. The largest absolute Gasteiger partial charge is 0.349 e. The molecule has 0 unspecified atom stereocenters. The Balaban J connectivity index is 1.35. The molecule has 5 rings (SSSR count). The summed E-state index contributed by atoms with van der Waals surface area (Å²) in [5.41, 5.74) is 3.98. The first-order valence-corrected chi connectivity index (χ1v) is 13.8. The zero-order valence-corrected chi connectivity index (χ0v) is 20.4. The normalized spacial score (nSPS) is 20.7. The summed E-state index contributed by atoms with van der Waals surface area (Å²) in [5.74, 6) is 0.504. The molecule has 1 aliphatic heterocycles. The number of aromatic nitrogens is 2. The van der Waals surface area contributed by atoms with Crippen LogP contribution >= 0.6 is 0 Å². The van der Waals surface area contributed by atoms with Crippen LogP contribution in [0.25, 0.3) is 10.9 Å². The second kappa shape index (κ2) is 8.98. The van der Waals surface area contributed by atoms with Gasteiger partial charge in [0.2, 0.25) is 11.9 Å². The second-order valence-corrected chi connectivity index (χ2v) is 11.5. The number of nitrogens with one attached hydrogen (secondary N) is 1. The molecular formula is C26H30N4O3S. The minimum Gasteiger partial charge on any atom is -0.349 e. The van der Waals surface area contributed by atoms with Crippen LogP contribution in [0.4, 0.5) is 5.95 Å². The molecular weight excluding hydrogens is 448 g/mol. The van der Waals surface area contributed by atoms with Crippen LogP contribution in [0.3, 0.4) is 0 Å². The predicted octanol–water partition coefficient (Wildman–Crippen LogP) is 3.75. The zero-order chi connectivity index (χ0) is 23.9.